The van der Waals surface area contributed by atoms with Gasteiger partial charge in [-0.3, -0.25) is 4.72 Å². The molecule has 0 fully saturated rings. The number of pyridine rings is 1. The molecule has 2 aromatic rings. The Labute approximate surface area is 174 Å². The number of nitrogens with zero attached hydrogens (tertiary/aromatic N) is 2. The van der Waals surface area contributed by atoms with Crippen LogP contribution in [-0.2, 0) is 0 Å². The molecule has 3 rings (SSSR count). The highest BCUT2D eigenvalue weighted by Crippen LogP contribution is 2.38. The first kappa shape index (κ1) is 20.7. The fourth-order valence-electron chi connectivity index (χ4n) is 2.73. The summed E-state index contributed by atoms with van der Waals surface area (Å²) in [4.78, 5) is 9.04. The Kier molecular flexibility index (Phi) is 7.08. The maximum atomic E-state index is 13.3. The Balaban J connectivity index is 1.89. The summed E-state index contributed by atoms with van der Waals surface area (Å²) < 4.78 is 22.6. The van der Waals surface area contributed by atoms with Crippen LogP contribution in [0.5, 0.6) is 5.75 Å². The molecule has 2 heterocycles. The third-order valence-electron chi connectivity index (χ3n) is 4.18. The number of aromatic nitrogens is 1. The van der Waals surface area contributed by atoms with Crippen molar-refractivity contribution >= 4 is 29.4 Å². The van der Waals surface area contributed by atoms with Gasteiger partial charge in [0.1, 0.15) is 5.76 Å². The molecule has 0 saturated carbocycles. The molecule has 0 aliphatic carbocycles. The molecular weight excluding hydrogens is 387 g/mol. The van der Waals surface area contributed by atoms with Gasteiger partial charge in [-0.15, -0.1) is 0 Å². The average molecular weight is 411 g/mol. The van der Waals surface area contributed by atoms with Crippen molar-refractivity contribution in [3.8, 4) is 5.75 Å². The number of nitrogens with one attached hydrogen (secondary N) is 2. The molecule has 0 saturated heterocycles. The van der Waals surface area contributed by atoms with Crippen LogP contribution in [0.25, 0.3) is 0 Å². The first-order valence-corrected chi connectivity index (χ1v) is 10.2. The van der Waals surface area contributed by atoms with Gasteiger partial charge in [-0.2, -0.15) is 9.38 Å². The number of halogens is 1. The van der Waals surface area contributed by atoms with Crippen LogP contribution in [0.2, 0.25) is 0 Å². The van der Waals surface area contributed by atoms with Crippen molar-refractivity contribution in [1.82, 2.24) is 9.71 Å². The van der Waals surface area contributed by atoms with Crippen LogP contribution in [0.15, 0.2) is 82.9 Å². The van der Waals surface area contributed by atoms with Gasteiger partial charge in [0.05, 0.1) is 10.6 Å². The summed E-state index contributed by atoms with van der Waals surface area (Å²) in [6, 6.07) is 10.2. The van der Waals surface area contributed by atoms with Gasteiger partial charge in [-0.1, -0.05) is 44.7 Å². The maximum absolute atomic E-state index is 13.3. The predicted octanol–water partition coefficient (Wildman–Crippen LogP) is 6.13. The number of para-hydroxylation sites is 1. The van der Waals surface area contributed by atoms with Crippen LogP contribution in [0.3, 0.4) is 0 Å². The summed E-state index contributed by atoms with van der Waals surface area (Å²) in [5, 5.41) is 3.21. The molecule has 0 amide bonds. The van der Waals surface area contributed by atoms with Gasteiger partial charge >= 0.3 is 0 Å². The van der Waals surface area contributed by atoms with Crippen molar-refractivity contribution in [3.63, 3.8) is 0 Å². The Morgan fingerprint density at radius 3 is 2.79 bits per heavy atom. The van der Waals surface area contributed by atoms with E-state index < -0.39 is 5.95 Å². The van der Waals surface area contributed by atoms with E-state index in [0.717, 1.165) is 35.4 Å². The number of unbranched alkanes of at least 4 members (excludes halogenated alkanes) is 1. The van der Waals surface area contributed by atoms with Crippen LogP contribution in [0, 0.1) is 5.95 Å². The lowest BCUT2D eigenvalue weighted by atomic mass is 10.1. The number of fused-ring (bicyclic) bond motifs is 1. The molecule has 0 bridgehead atoms. The molecule has 0 spiro atoms. The van der Waals surface area contributed by atoms with Crippen LogP contribution in [0.4, 0.5) is 15.9 Å². The Bertz CT molecular complexity index is 971. The SMILES string of the molecule is C=C/C(CCCC)=C(\C=C)Oc1cccc2c1NC(=Nc1cccc(F)n1)NS2. The first-order valence-electron chi connectivity index (χ1n) is 9.34. The number of hydrogen-bond donors (Lipinski definition) is 2. The smallest absolute Gasteiger partial charge is 0.214 e. The lowest BCUT2D eigenvalue weighted by Gasteiger charge is -2.23. The van der Waals surface area contributed by atoms with Crippen LogP contribution >= 0.6 is 11.9 Å². The minimum absolute atomic E-state index is 0.266. The van der Waals surface area contributed by atoms with Crippen LogP contribution < -0.4 is 14.8 Å². The lowest BCUT2D eigenvalue weighted by Crippen LogP contribution is -2.29. The third kappa shape index (κ3) is 5.26. The second-order valence-electron chi connectivity index (χ2n) is 6.24. The normalized spacial score (nSPS) is 14.9. The molecule has 1 aromatic carbocycles. The molecule has 5 nitrogen and oxygen atoms in total. The number of allylic oxidation sites excluding steroid dienone is 3. The van der Waals surface area contributed by atoms with Gasteiger partial charge < -0.3 is 10.1 Å². The largest absolute Gasteiger partial charge is 0.455 e. The predicted molar refractivity (Wildman–Crippen MR) is 118 cm³/mol. The van der Waals surface area contributed by atoms with Crippen LogP contribution in [0.1, 0.15) is 26.2 Å². The molecule has 0 atom stereocenters. The minimum atomic E-state index is -0.579. The monoisotopic (exact) mass is 410 g/mol. The zero-order valence-corrected chi connectivity index (χ0v) is 17.1. The van der Waals surface area contributed by atoms with E-state index in [2.05, 4.69) is 40.1 Å². The molecule has 2 N–H and O–H groups in total. The second kappa shape index (κ2) is 9.93. The van der Waals surface area contributed by atoms with Crippen LogP contribution in [-0.4, -0.2) is 10.9 Å². The van der Waals surface area contributed by atoms with Crippen molar-refractivity contribution < 1.29 is 9.13 Å². The van der Waals surface area contributed by atoms with Gasteiger partial charge in [0.25, 0.3) is 0 Å². The number of rotatable bonds is 8. The summed E-state index contributed by atoms with van der Waals surface area (Å²) in [7, 11) is 0. The molecular formula is C22H23FN4OS. The first-order chi connectivity index (χ1) is 14.1. The van der Waals surface area contributed by atoms with Gasteiger partial charge in [-0.05, 0) is 60.7 Å². The van der Waals surface area contributed by atoms with E-state index in [1.807, 2.05) is 24.3 Å². The van der Waals surface area contributed by atoms with Crippen molar-refractivity contribution in [2.45, 2.75) is 31.1 Å². The molecule has 29 heavy (non-hydrogen) atoms. The van der Waals surface area contributed by atoms with E-state index in [1.54, 1.807) is 18.2 Å². The Morgan fingerprint density at radius 1 is 1.24 bits per heavy atom. The zero-order chi connectivity index (χ0) is 20.6. The number of hydrogen-bond acceptors (Lipinski definition) is 4. The Morgan fingerprint density at radius 2 is 2.07 bits per heavy atom. The third-order valence-corrected chi connectivity index (χ3v) is 5.04. The average Bonchev–Trinajstić information content (AvgIpc) is 2.73. The number of aliphatic imine (C=N–C) groups is 1. The summed E-state index contributed by atoms with van der Waals surface area (Å²) in [6.45, 7) is 9.94. The Hall–Kier alpha value is -3.06. The fraction of sp³-hybridized carbons (Fsp3) is 0.182. The van der Waals surface area contributed by atoms with Crippen molar-refractivity contribution in [3.05, 3.63) is 79.0 Å². The zero-order valence-electron chi connectivity index (χ0n) is 16.2. The van der Waals surface area contributed by atoms with Crippen molar-refractivity contribution in [2.75, 3.05) is 5.32 Å². The topological polar surface area (TPSA) is 58.5 Å². The standard InChI is InChI=1S/C22H23FN4OS/c1-4-7-10-15(5-2)16(6-3)28-17-11-8-12-18-21(17)26-22(27-29-18)25-20-14-9-13-19(23)24-20/h5-6,8-9,11-14H,2-4,7,10H2,1H3,(H2,24,25,26,27)/b16-15-. The van der Waals surface area contributed by atoms with E-state index in [1.165, 1.54) is 18.0 Å². The van der Waals surface area contributed by atoms with Gasteiger partial charge in [0.2, 0.25) is 11.9 Å². The van der Waals surface area contributed by atoms with E-state index in [-0.39, 0.29) is 5.82 Å². The number of anilines is 1. The molecule has 0 unspecified atom stereocenters. The molecule has 1 aliphatic heterocycles. The number of benzene rings is 1. The van der Waals surface area contributed by atoms with E-state index in [4.69, 9.17) is 4.74 Å². The molecule has 7 heteroatoms. The van der Waals surface area contributed by atoms with Gasteiger partial charge in [-0.25, -0.2) is 4.98 Å². The molecule has 1 aliphatic rings. The van der Waals surface area contributed by atoms with Crippen molar-refractivity contribution in [1.29, 1.82) is 0 Å². The fourth-order valence-corrected chi connectivity index (χ4v) is 3.43. The van der Waals surface area contributed by atoms with E-state index in [0.29, 0.717) is 17.5 Å². The highest BCUT2D eigenvalue weighted by atomic mass is 32.2. The molecule has 150 valence electrons. The number of guanidine groups is 1. The second-order valence-corrected chi connectivity index (χ2v) is 7.09. The van der Waals surface area contributed by atoms with E-state index in [9.17, 15) is 4.39 Å². The lowest BCUT2D eigenvalue weighted by molar-refractivity contribution is 0.438. The summed E-state index contributed by atoms with van der Waals surface area (Å²) in [5.41, 5.74) is 1.78. The minimum Gasteiger partial charge on any atom is -0.455 e. The highest BCUT2D eigenvalue weighted by molar-refractivity contribution is 7.98. The number of ether oxygens (including phenoxy) is 1. The molecule has 0 radical (unpaired) electrons. The van der Waals surface area contributed by atoms with Gasteiger partial charge in [0.15, 0.2) is 11.6 Å². The quantitative estimate of drug-likeness (QED) is 0.237. The summed E-state index contributed by atoms with van der Waals surface area (Å²) in [5.74, 6) is 1.45. The molecule has 1 aromatic heterocycles. The maximum Gasteiger partial charge on any atom is 0.214 e. The summed E-state index contributed by atoms with van der Waals surface area (Å²) >= 11 is 1.39. The van der Waals surface area contributed by atoms with E-state index >= 15 is 0 Å². The van der Waals surface area contributed by atoms with Crippen molar-refractivity contribution in [2.24, 2.45) is 4.99 Å². The highest BCUT2D eigenvalue weighted by Gasteiger charge is 2.19. The van der Waals surface area contributed by atoms with Gasteiger partial charge in [0, 0.05) is 0 Å². The summed E-state index contributed by atoms with van der Waals surface area (Å²) in [6.07, 6.45) is 6.52.